The van der Waals surface area contributed by atoms with Crippen molar-refractivity contribution in [3.8, 4) is 5.75 Å². The van der Waals surface area contributed by atoms with Crippen LogP contribution in [0.3, 0.4) is 0 Å². The Morgan fingerprint density at radius 3 is 2.76 bits per heavy atom. The van der Waals surface area contributed by atoms with Crippen LogP contribution in [0, 0.1) is 0 Å². The topological polar surface area (TPSA) is 69.4 Å². The molecule has 3 rings (SSSR count). The highest BCUT2D eigenvalue weighted by atomic mass is 35.5. The summed E-state index contributed by atoms with van der Waals surface area (Å²) in [6.45, 7) is 2.28. The summed E-state index contributed by atoms with van der Waals surface area (Å²) in [5.41, 5.74) is 10.2. The van der Waals surface area contributed by atoms with Gasteiger partial charge in [-0.05, 0) is 73.1 Å². The molecule has 0 aliphatic heterocycles. The summed E-state index contributed by atoms with van der Waals surface area (Å²) in [6.07, 6.45) is 3.94. The molecule has 2 unspecified atom stereocenters. The molecule has 6 heteroatoms. The van der Waals surface area contributed by atoms with Crippen molar-refractivity contribution in [2.75, 3.05) is 18.1 Å². The van der Waals surface area contributed by atoms with Crippen LogP contribution >= 0.6 is 11.6 Å². The van der Waals surface area contributed by atoms with Gasteiger partial charge in [0.1, 0.15) is 15.6 Å². The zero-order valence-corrected chi connectivity index (χ0v) is 18.5. The van der Waals surface area contributed by atoms with E-state index in [9.17, 15) is 8.42 Å². The van der Waals surface area contributed by atoms with E-state index in [1.807, 2.05) is 31.2 Å². The van der Waals surface area contributed by atoms with E-state index in [0.29, 0.717) is 19.4 Å². The summed E-state index contributed by atoms with van der Waals surface area (Å²) in [7, 11) is -2.96. The zero-order chi connectivity index (χ0) is 20.9. The third-order valence-electron chi connectivity index (χ3n) is 5.51. The summed E-state index contributed by atoms with van der Waals surface area (Å²) in [4.78, 5) is 0. The predicted octanol–water partition coefficient (Wildman–Crippen LogP) is 4.53. The van der Waals surface area contributed by atoms with Gasteiger partial charge in [0.15, 0.2) is 0 Å². The molecule has 1 aliphatic carbocycles. The summed E-state index contributed by atoms with van der Waals surface area (Å²) in [5, 5.41) is 0.738. The normalized spacial score (nSPS) is 19.0. The molecule has 2 aromatic carbocycles. The Hall–Kier alpha value is -1.56. The van der Waals surface area contributed by atoms with Crippen LogP contribution in [0.2, 0.25) is 5.02 Å². The highest BCUT2D eigenvalue weighted by Crippen LogP contribution is 2.36. The second-order valence-corrected chi connectivity index (χ2v) is 10.6. The molecule has 158 valence electrons. The average Bonchev–Trinajstić information content (AvgIpc) is 2.67. The Morgan fingerprint density at radius 1 is 1.17 bits per heavy atom. The third kappa shape index (κ3) is 6.21. The summed E-state index contributed by atoms with van der Waals surface area (Å²) in [6, 6.07) is 14.2. The minimum atomic E-state index is -2.96. The van der Waals surface area contributed by atoms with E-state index < -0.39 is 9.84 Å². The molecule has 4 nitrogen and oxygen atoms in total. The third-order valence-corrected chi connectivity index (χ3v) is 7.68. The molecule has 0 saturated carbocycles. The summed E-state index contributed by atoms with van der Waals surface area (Å²) >= 11 is 6.15. The lowest BCUT2D eigenvalue weighted by molar-refractivity contribution is 0.316. The van der Waals surface area contributed by atoms with Crippen LogP contribution in [0.4, 0.5) is 0 Å². The van der Waals surface area contributed by atoms with Crippen LogP contribution in [0.5, 0.6) is 5.75 Å². The highest BCUT2D eigenvalue weighted by Gasteiger charge is 2.27. The number of ether oxygens (including phenoxy) is 1. The minimum absolute atomic E-state index is 0.0934. The van der Waals surface area contributed by atoms with Crippen LogP contribution in [0.15, 0.2) is 42.5 Å². The molecule has 0 bridgehead atoms. The molecule has 2 aromatic rings. The first-order valence-corrected chi connectivity index (χ1v) is 12.5. The maximum atomic E-state index is 11.8. The summed E-state index contributed by atoms with van der Waals surface area (Å²) in [5.74, 6) is 1.41. The smallest absolute Gasteiger partial charge is 0.150 e. The van der Waals surface area contributed by atoms with Gasteiger partial charge >= 0.3 is 0 Å². The first-order valence-electron chi connectivity index (χ1n) is 10.3. The Balaban J connectivity index is 1.68. The van der Waals surface area contributed by atoms with Crippen LogP contribution in [-0.4, -0.2) is 32.6 Å². The van der Waals surface area contributed by atoms with Gasteiger partial charge in [-0.3, -0.25) is 0 Å². The number of hydrogen-bond donors (Lipinski definition) is 1. The van der Waals surface area contributed by atoms with Gasteiger partial charge in [0.05, 0.1) is 12.4 Å². The second kappa shape index (κ2) is 9.96. The predicted molar refractivity (Wildman–Crippen MR) is 120 cm³/mol. The fraction of sp³-hybridized carbons (Fsp3) is 0.478. The van der Waals surface area contributed by atoms with Gasteiger partial charge < -0.3 is 10.5 Å². The van der Waals surface area contributed by atoms with Crippen LogP contribution in [0.1, 0.15) is 48.8 Å². The number of nitrogens with two attached hydrogens (primary N) is 1. The maximum absolute atomic E-state index is 11.8. The van der Waals surface area contributed by atoms with Crippen molar-refractivity contribution in [1.29, 1.82) is 0 Å². The van der Waals surface area contributed by atoms with Crippen molar-refractivity contribution in [3.05, 3.63) is 64.2 Å². The molecular formula is C23H30ClNO3S. The molecule has 0 spiro atoms. The van der Waals surface area contributed by atoms with E-state index >= 15 is 0 Å². The number of hydrogen-bond acceptors (Lipinski definition) is 4. The number of fused-ring (bicyclic) bond motifs is 1. The Morgan fingerprint density at radius 2 is 2.00 bits per heavy atom. The highest BCUT2D eigenvalue weighted by molar-refractivity contribution is 7.91. The van der Waals surface area contributed by atoms with Gasteiger partial charge in [-0.25, -0.2) is 8.42 Å². The van der Waals surface area contributed by atoms with E-state index in [1.54, 1.807) is 0 Å². The van der Waals surface area contributed by atoms with E-state index in [0.717, 1.165) is 30.0 Å². The van der Waals surface area contributed by atoms with E-state index in [-0.39, 0.29) is 23.5 Å². The molecule has 2 N–H and O–H groups in total. The molecule has 1 aliphatic rings. The van der Waals surface area contributed by atoms with Gasteiger partial charge in [-0.15, -0.1) is 0 Å². The molecule has 2 atom stereocenters. The lowest BCUT2D eigenvalue weighted by Gasteiger charge is -2.32. The van der Waals surface area contributed by atoms with Gasteiger partial charge in [-0.1, -0.05) is 36.7 Å². The molecule has 0 radical (unpaired) electrons. The minimum Gasteiger partial charge on any atom is -0.494 e. The quantitative estimate of drug-likeness (QED) is 0.587. The molecule has 0 fully saturated rings. The fourth-order valence-corrected chi connectivity index (χ4v) is 5.65. The SMILES string of the molecule is CCCS(=O)(=O)CCCOc1ccc2c(c1)C(Cc1cccc(Cl)c1)C(N)CC2. The Bertz CT molecular complexity index is 929. The largest absolute Gasteiger partial charge is 0.494 e. The summed E-state index contributed by atoms with van der Waals surface area (Å²) < 4.78 is 29.5. The monoisotopic (exact) mass is 435 g/mol. The van der Waals surface area contributed by atoms with E-state index in [2.05, 4.69) is 18.2 Å². The van der Waals surface area contributed by atoms with E-state index in [1.165, 1.54) is 16.7 Å². The fourth-order valence-electron chi connectivity index (χ4n) is 4.05. The molecule has 0 aromatic heterocycles. The first kappa shape index (κ1) is 22.1. The van der Waals surface area contributed by atoms with Gasteiger partial charge in [-0.2, -0.15) is 0 Å². The maximum Gasteiger partial charge on any atom is 0.150 e. The molecule has 0 saturated heterocycles. The van der Waals surface area contributed by atoms with Gasteiger partial charge in [0, 0.05) is 22.7 Å². The van der Waals surface area contributed by atoms with E-state index in [4.69, 9.17) is 22.1 Å². The first-order chi connectivity index (χ1) is 13.9. The van der Waals surface area contributed by atoms with Crippen LogP contribution < -0.4 is 10.5 Å². The Labute approximate surface area is 179 Å². The average molecular weight is 436 g/mol. The number of rotatable bonds is 9. The van der Waals surface area contributed by atoms with Crippen LogP contribution in [-0.2, 0) is 22.7 Å². The van der Waals surface area contributed by atoms with Crippen LogP contribution in [0.25, 0.3) is 0 Å². The number of aryl methyl sites for hydroxylation is 1. The van der Waals surface area contributed by atoms with Crippen molar-refractivity contribution in [2.24, 2.45) is 5.73 Å². The molecule has 0 heterocycles. The second-order valence-electron chi connectivity index (χ2n) is 7.86. The van der Waals surface area contributed by atoms with Gasteiger partial charge in [0.2, 0.25) is 0 Å². The van der Waals surface area contributed by atoms with Crippen molar-refractivity contribution < 1.29 is 13.2 Å². The number of sulfone groups is 1. The molecule has 29 heavy (non-hydrogen) atoms. The van der Waals surface area contributed by atoms with Crippen molar-refractivity contribution in [2.45, 2.75) is 51.0 Å². The Kier molecular flexibility index (Phi) is 7.60. The van der Waals surface area contributed by atoms with Crippen molar-refractivity contribution in [3.63, 3.8) is 0 Å². The standard InChI is InChI=1S/C23H30ClNO3S/c1-2-12-29(26,27)13-4-11-28-20-9-7-18-8-10-23(25)22(21(18)16-20)15-17-5-3-6-19(24)14-17/h3,5-7,9,14,16,22-23H,2,4,8,10-13,15,25H2,1H3. The zero-order valence-electron chi connectivity index (χ0n) is 16.9. The molecule has 0 amide bonds. The number of halogens is 1. The lowest BCUT2D eigenvalue weighted by atomic mass is 9.76. The molecular weight excluding hydrogens is 406 g/mol. The number of benzene rings is 2. The lowest BCUT2D eigenvalue weighted by Crippen LogP contribution is -2.34. The van der Waals surface area contributed by atoms with Crippen molar-refractivity contribution in [1.82, 2.24) is 0 Å². The van der Waals surface area contributed by atoms with Crippen molar-refractivity contribution >= 4 is 21.4 Å². The van der Waals surface area contributed by atoms with Gasteiger partial charge in [0.25, 0.3) is 0 Å².